The molecule has 0 N–H and O–H groups in total. The van der Waals surface area contributed by atoms with Crippen LogP contribution in [0.2, 0.25) is 0 Å². The van der Waals surface area contributed by atoms with E-state index in [-0.39, 0.29) is 0 Å². The summed E-state index contributed by atoms with van der Waals surface area (Å²) in [6, 6.07) is 17.2. The smallest absolute Gasteiger partial charge is 0.119 e. The average Bonchev–Trinajstić information content (AvgIpc) is 2.75. The van der Waals surface area contributed by atoms with Gasteiger partial charge in [0.2, 0.25) is 0 Å². The van der Waals surface area contributed by atoms with Crippen LogP contribution < -0.4 is 9.47 Å². The Bertz CT molecular complexity index is 704. The van der Waals surface area contributed by atoms with Crippen LogP contribution in [0, 0.1) is 35.5 Å². The van der Waals surface area contributed by atoms with Gasteiger partial charge in [0.1, 0.15) is 11.5 Å². The van der Waals surface area contributed by atoms with Gasteiger partial charge in [-0.25, -0.2) is 0 Å². The third kappa shape index (κ3) is 10.2. The van der Waals surface area contributed by atoms with Gasteiger partial charge in [0.05, 0.1) is 13.2 Å². The highest BCUT2D eigenvalue weighted by atomic mass is 16.5. The molecule has 2 nitrogen and oxygen atoms in total. The minimum atomic E-state index is 0.603. The van der Waals surface area contributed by atoms with Crippen LogP contribution in [0.4, 0.5) is 0 Å². The van der Waals surface area contributed by atoms with Crippen LogP contribution in [0.25, 0.3) is 0 Å². The van der Waals surface area contributed by atoms with Crippen molar-refractivity contribution in [3.05, 3.63) is 59.7 Å². The lowest BCUT2D eigenvalue weighted by Gasteiger charge is -2.23. The maximum Gasteiger partial charge on any atom is 0.119 e. The van der Waals surface area contributed by atoms with Gasteiger partial charge >= 0.3 is 0 Å². The van der Waals surface area contributed by atoms with Crippen molar-refractivity contribution in [3.8, 4) is 11.5 Å². The summed E-state index contributed by atoms with van der Waals surface area (Å²) in [5.74, 6) is 5.85. The molecule has 0 radical (unpaired) electrons. The highest BCUT2D eigenvalue weighted by molar-refractivity contribution is 5.34. The second kappa shape index (κ2) is 13.7. The molecule has 0 saturated carbocycles. The Balaban J connectivity index is 1.86. The summed E-state index contributed by atoms with van der Waals surface area (Å²) in [6.45, 7) is 19.9. The fraction of sp³-hybridized carbons (Fsp3) is 0.613. The van der Waals surface area contributed by atoms with Crippen molar-refractivity contribution in [2.75, 3.05) is 13.2 Å². The molecule has 184 valence electrons. The molecule has 0 aliphatic rings. The minimum Gasteiger partial charge on any atom is -0.493 e. The van der Waals surface area contributed by atoms with Crippen molar-refractivity contribution in [2.45, 2.75) is 74.7 Å². The number of hydrogen-bond acceptors (Lipinski definition) is 2. The van der Waals surface area contributed by atoms with E-state index in [4.69, 9.17) is 9.47 Å². The lowest BCUT2D eigenvalue weighted by atomic mass is 9.88. The first-order valence-corrected chi connectivity index (χ1v) is 13.1. The monoisotopic (exact) mass is 452 g/mol. The van der Waals surface area contributed by atoms with Gasteiger partial charge in [0.15, 0.2) is 0 Å². The van der Waals surface area contributed by atoms with E-state index < -0.39 is 0 Å². The van der Waals surface area contributed by atoms with Gasteiger partial charge < -0.3 is 9.47 Å². The fourth-order valence-electron chi connectivity index (χ4n) is 4.33. The van der Waals surface area contributed by atoms with E-state index in [2.05, 4.69) is 104 Å². The average molecular weight is 453 g/mol. The molecule has 0 bridgehead atoms. The molecule has 2 unspecified atom stereocenters. The summed E-state index contributed by atoms with van der Waals surface area (Å²) in [5, 5.41) is 0. The molecule has 2 heteroatoms. The summed E-state index contributed by atoms with van der Waals surface area (Å²) in [4.78, 5) is 0. The Hall–Kier alpha value is -1.96. The molecular formula is C31H48O2. The van der Waals surface area contributed by atoms with Crippen LogP contribution in [0.1, 0.15) is 79.4 Å². The Morgan fingerprint density at radius 1 is 0.515 bits per heavy atom. The SMILES string of the molecule is CC(C)CC(COc1ccc(Cc2ccc(OCC(CC(C)C)C(C)C)cc2)cc1)C(C)C. The maximum absolute atomic E-state index is 6.12. The predicted molar refractivity (Wildman–Crippen MR) is 142 cm³/mol. The molecule has 0 fully saturated rings. The standard InChI is InChI=1S/C31H48O2/c1-22(2)17-28(24(5)6)20-32-30-13-9-26(10-14-30)19-27-11-15-31(16-12-27)33-21-29(25(7)8)18-23(3)4/h9-16,22-25,28-29H,17-21H2,1-8H3. The number of benzene rings is 2. The molecule has 2 atom stereocenters. The largest absolute Gasteiger partial charge is 0.493 e. The van der Waals surface area contributed by atoms with Crippen molar-refractivity contribution in [3.63, 3.8) is 0 Å². The minimum absolute atomic E-state index is 0.603. The summed E-state index contributed by atoms with van der Waals surface area (Å²) in [6.07, 6.45) is 3.35. The van der Waals surface area contributed by atoms with Gasteiger partial charge in [-0.3, -0.25) is 0 Å². The Morgan fingerprint density at radius 3 is 1.12 bits per heavy atom. The molecule has 2 rings (SSSR count). The molecule has 0 saturated heterocycles. The van der Waals surface area contributed by atoms with Crippen LogP contribution in [0.5, 0.6) is 11.5 Å². The normalized spacial score (nSPS) is 13.7. The van der Waals surface area contributed by atoms with Gasteiger partial charge in [0.25, 0.3) is 0 Å². The Labute approximate surface area is 204 Å². The molecule has 0 aromatic heterocycles. The first-order chi connectivity index (χ1) is 15.6. The van der Waals surface area contributed by atoms with Gasteiger partial charge in [-0.1, -0.05) is 79.7 Å². The van der Waals surface area contributed by atoms with E-state index in [9.17, 15) is 0 Å². The molecule has 2 aromatic rings. The number of hydrogen-bond donors (Lipinski definition) is 0. The van der Waals surface area contributed by atoms with Gasteiger partial charge in [-0.15, -0.1) is 0 Å². The van der Waals surface area contributed by atoms with Crippen molar-refractivity contribution in [2.24, 2.45) is 35.5 Å². The van der Waals surface area contributed by atoms with Crippen LogP contribution in [0.3, 0.4) is 0 Å². The van der Waals surface area contributed by atoms with E-state index in [1.807, 2.05) is 0 Å². The molecule has 2 aromatic carbocycles. The van der Waals surface area contributed by atoms with Gasteiger partial charge in [-0.2, -0.15) is 0 Å². The predicted octanol–water partition coefficient (Wildman–Crippen LogP) is 8.67. The summed E-state index contributed by atoms with van der Waals surface area (Å²) < 4.78 is 12.2. The third-order valence-corrected chi connectivity index (χ3v) is 6.62. The molecular weight excluding hydrogens is 404 g/mol. The molecule has 0 amide bonds. The van der Waals surface area contributed by atoms with E-state index in [1.54, 1.807) is 0 Å². The molecule has 33 heavy (non-hydrogen) atoms. The van der Waals surface area contributed by atoms with Crippen molar-refractivity contribution >= 4 is 0 Å². The Morgan fingerprint density at radius 2 is 0.848 bits per heavy atom. The van der Waals surface area contributed by atoms with E-state index in [1.165, 1.54) is 24.0 Å². The Kier molecular flexibility index (Phi) is 11.3. The summed E-state index contributed by atoms with van der Waals surface area (Å²) in [5.41, 5.74) is 2.60. The third-order valence-electron chi connectivity index (χ3n) is 6.62. The lowest BCUT2D eigenvalue weighted by molar-refractivity contribution is 0.186. The maximum atomic E-state index is 6.12. The van der Waals surface area contributed by atoms with Crippen LogP contribution in [0.15, 0.2) is 48.5 Å². The second-order valence-corrected chi connectivity index (χ2v) is 11.4. The first kappa shape index (κ1) is 27.3. The van der Waals surface area contributed by atoms with Crippen molar-refractivity contribution in [1.29, 1.82) is 0 Å². The number of rotatable bonds is 14. The zero-order chi connectivity index (χ0) is 24.4. The summed E-state index contributed by atoms with van der Waals surface area (Å²) >= 11 is 0. The molecule has 0 spiro atoms. The molecule has 0 heterocycles. The quantitative estimate of drug-likeness (QED) is 0.285. The molecule has 0 aliphatic heterocycles. The van der Waals surface area contributed by atoms with Crippen molar-refractivity contribution in [1.82, 2.24) is 0 Å². The summed E-state index contributed by atoms with van der Waals surface area (Å²) in [7, 11) is 0. The first-order valence-electron chi connectivity index (χ1n) is 13.1. The van der Waals surface area contributed by atoms with E-state index >= 15 is 0 Å². The van der Waals surface area contributed by atoms with Crippen LogP contribution in [-0.2, 0) is 6.42 Å². The topological polar surface area (TPSA) is 18.5 Å². The van der Waals surface area contributed by atoms with E-state index in [0.717, 1.165) is 31.1 Å². The zero-order valence-corrected chi connectivity index (χ0v) is 22.4. The lowest BCUT2D eigenvalue weighted by Crippen LogP contribution is -2.20. The fourth-order valence-corrected chi connectivity index (χ4v) is 4.33. The molecule has 0 aliphatic carbocycles. The number of ether oxygens (including phenoxy) is 2. The van der Waals surface area contributed by atoms with Gasteiger partial charge in [-0.05, 0) is 90.2 Å². The van der Waals surface area contributed by atoms with Crippen LogP contribution >= 0.6 is 0 Å². The highest BCUT2D eigenvalue weighted by Crippen LogP contribution is 2.24. The van der Waals surface area contributed by atoms with Crippen LogP contribution in [-0.4, -0.2) is 13.2 Å². The zero-order valence-electron chi connectivity index (χ0n) is 22.4. The van der Waals surface area contributed by atoms with E-state index in [0.29, 0.717) is 35.5 Å². The van der Waals surface area contributed by atoms with Gasteiger partial charge in [0, 0.05) is 0 Å². The highest BCUT2D eigenvalue weighted by Gasteiger charge is 2.17. The van der Waals surface area contributed by atoms with Crippen molar-refractivity contribution < 1.29 is 9.47 Å². The second-order valence-electron chi connectivity index (χ2n) is 11.4.